The lowest BCUT2D eigenvalue weighted by Crippen LogP contribution is -2.97. The van der Waals surface area contributed by atoms with Crippen molar-refractivity contribution in [3.63, 3.8) is 0 Å². The van der Waals surface area contributed by atoms with Crippen LogP contribution in [0, 0.1) is 0 Å². The van der Waals surface area contributed by atoms with Gasteiger partial charge in [-0.05, 0) is 30.2 Å². The van der Waals surface area contributed by atoms with Crippen LogP contribution in [0.2, 0.25) is 0 Å². The molecule has 0 aromatic heterocycles. The fraction of sp³-hybridized carbons (Fsp3) is 0.562. The highest BCUT2D eigenvalue weighted by Crippen LogP contribution is 2.37. The van der Waals surface area contributed by atoms with Crippen molar-refractivity contribution in [1.82, 2.24) is 15.6 Å². The minimum atomic E-state index is -4.61. The Morgan fingerprint density at radius 2 is 2.00 bits per heavy atom. The van der Waals surface area contributed by atoms with Gasteiger partial charge >= 0.3 is 0 Å². The molecular weight excluding hydrogens is 504 g/mol. The van der Waals surface area contributed by atoms with E-state index < -0.39 is 42.5 Å². The average Bonchev–Trinajstić information content (AvgIpc) is 3.47. The van der Waals surface area contributed by atoms with Crippen LogP contribution >= 0.6 is 0 Å². The molecule has 3 heterocycles. The van der Waals surface area contributed by atoms with E-state index in [-0.39, 0.29) is 22.9 Å². The van der Waals surface area contributed by atoms with Crippen molar-refractivity contribution in [2.75, 3.05) is 37.6 Å². The predicted molar refractivity (Wildman–Crippen MR) is 124 cm³/mol. The van der Waals surface area contributed by atoms with Gasteiger partial charge in [0.05, 0.1) is 18.2 Å². The number of nitrogens with two attached hydrogens (primary N) is 3. The minimum Gasteiger partial charge on any atom is -0.390 e. The number of nitrogens with one attached hydrogen (secondary N) is 4. The van der Waals surface area contributed by atoms with Crippen molar-refractivity contribution < 1.29 is 27.1 Å². The first-order valence-electron chi connectivity index (χ1n) is 10.6. The third-order valence-corrected chi connectivity index (χ3v) is 8.62. The molecule has 1 aromatic carbocycles. The van der Waals surface area contributed by atoms with Gasteiger partial charge in [0, 0.05) is 31.4 Å². The van der Waals surface area contributed by atoms with Gasteiger partial charge in [-0.3, -0.25) is 4.99 Å². The maximum Gasteiger partial charge on any atom is 0.245 e. The summed E-state index contributed by atoms with van der Waals surface area (Å²) in [7, 11) is -9.04. The molecule has 1 aromatic rings. The number of sulfonamides is 2. The maximum absolute atomic E-state index is 13.0. The molecule has 1 saturated heterocycles. The van der Waals surface area contributed by atoms with Crippen LogP contribution in [0.25, 0.3) is 5.53 Å². The normalized spacial score (nSPS) is 22.7. The fourth-order valence-electron chi connectivity index (χ4n) is 4.21. The second kappa shape index (κ2) is 9.43. The van der Waals surface area contributed by atoms with E-state index in [1.165, 1.54) is 6.07 Å². The number of quaternary nitrogens is 1. The molecule has 35 heavy (non-hydrogen) atoms. The van der Waals surface area contributed by atoms with Crippen LogP contribution in [-0.4, -0.2) is 72.3 Å². The lowest BCUT2D eigenvalue weighted by molar-refractivity contribution is -0.799. The van der Waals surface area contributed by atoms with Gasteiger partial charge in [0.1, 0.15) is 10.6 Å². The van der Waals surface area contributed by atoms with Crippen LogP contribution in [0.15, 0.2) is 37.4 Å². The van der Waals surface area contributed by atoms with Crippen LogP contribution in [0.1, 0.15) is 12.8 Å². The number of primary sulfonamides is 1. The Balaban J connectivity index is 1.77. The molecular formula is C16H28N12O5S2. The molecule has 4 rings (SSSR count). The Morgan fingerprint density at radius 3 is 2.54 bits per heavy atom. The van der Waals surface area contributed by atoms with Gasteiger partial charge < -0.3 is 37.9 Å². The largest absolute Gasteiger partial charge is 0.390 e. The standard InChI is InChI=1S/C16H28N12O5S2/c17-7-10(29)8-21-35(32,33)12-2-1-11(13(14(12)34(19,30)31)28-25-23-24-26-28)27-5-3-16(4-6-27)9-20-15(18)22-16/h1-2,10,21,28-29H,3-9,17H2,(H6-,18,19,20,22,23,24,25,26,30,31)/t10-/m1/s1. The summed E-state index contributed by atoms with van der Waals surface area (Å²) in [5, 5.41) is 25.6. The van der Waals surface area contributed by atoms with E-state index >= 15 is 0 Å². The zero-order valence-corrected chi connectivity index (χ0v) is 20.2. The van der Waals surface area contributed by atoms with Gasteiger partial charge in [-0.2, -0.15) is 0 Å². The molecule has 17 nitrogen and oxygen atoms in total. The van der Waals surface area contributed by atoms with E-state index in [4.69, 9.17) is 16.6 Å². The molecule has 19 heteroatoms. The van der Waals surface area contributed by atoms with E-state index in [9.17, 15) is 21.9 Å². The van der Waals surface area contributed by atoms with Crippen LogP contribution < -0.4 is 42.2 Å². The molecule has 1 fully saturated rings. The summed E-state index contributed by atoms with van der Waals surface area (Å²) in [6, 6.07) is 2.62. The summed E-state index contributed by atoms with van der Waals surface area (Å²) < 4.78 is 53.7. The SMILES string of the molecule is NC[C@@H](O)CNS(=O)(=O)c1ccc(N2CCC3(CC2)CN=C(N)N3)c([NH+]2N=NN[N-]2)c1S(N)(=O)=O. The number of hydrogen-bond donors (Lipinski definition) is 8. The van der Waals surface area contributed by atoms with Gasteiger partial charge in [-0.1, -0.05) is 0 Å². The molecule has 0 amide bonds. The molecule has 1 unspecified atom stereocenters. The topological polar surface area (TPSA) is 262 Å². The fourth-order valence-corrected chi connectivity index (χ4v) is 6.87. The molecule has 3 aliphatic rings. The molecule has 194 valence electrons. The highest BCUT2D eigenvalue weighted by atomic mass is 32.2. The highest BCUT2D eigenvalue weighted by Gasteiger charge is 2.41. The first kappa shape index (κ1) is 25.4. The van der Waals surface area contributed by atoms with Crippen molar-refractivity contribution in [2.24, 2.45) is 32.0 Å². The number of rotatable bonds is 8. The summed E-state index contributed by atoms with van der Waals surface area (Å²) in [5.74, 6) is 0.379. The van der Waals surface area contributed by atoms with E-state index in [1.54, 1.807) is 0 Å². The van der Waals surface area contributed by atoms with Gasteiger partial charge in [-0.15, -0.1) is 0 Å². The van der Waals surface area contributed by atoms with Crippen molar-refractivity contribution in [3.05, 3.63) is 17.7 Å². The number of aliphatic imine (C=N–C) groups is 1. The number of piperidine rings is 1. The summed E-state index contributed by atoms with van der Waals surface area (Å²) in [5.41, 5.74) is 17.3. The monoisotopic (exact) mass is 532 g/mol. The quantitative estimate of drug-likeness (QED) is 0.160. The van der Waals surface area contributed by atoms with Crippen molar-refractivity contribution >= 4 is 37.4 Å². The number of anilines is 1. The molecule has 1 spiro atoms. The van der Waals surface area contributed by atoms with Crippen LogP contribution in [0.3, 0.4) is 0 Å². The molecule has 0 saturated carbocycles. The molecule has 0 radical (unpaired) electrons. The third kappa shape index (κ3) is 5.16. The smallest absolute Gasteiger partial charge is 0.245 e. The molecule has 2 atom stereocenters. The van der Waals surface area contributed by atoms with Gasteiger partial charge in [0.15, 0.2) is 16.5 Å². The van der Waals surface area contributed by atoms with E-state index in [0.29, 0.717) is 44.1 Å². The van der Waals surface area contributed by atoms with Crippen molar-refractivity contribution in [2.45, 2.75) is 34.3 Å². The zero-order chi connectivity index (χ0) is 25.4. The first-order valence-corrected chi connectivity index (χ1v) is 13.6. The van der Waals surface area contributed by atoms with Crippen LogP contribution in [0.4, 0.5) is 11.4 Å². The van der Waals surface area contributed by atoms with Crippen LogP contribution in [-0.2, 0) is 20.0 Å². The third-order valence-electron chi connectivity index (χ3n) is 6.03. The summed E-state index contributed by atoms with van der Waals surface area (Å²) >= 11 is 0. The summed E-state index contributed by atoms with van der Waals surface area (Å²) in [6.45, 7) is 0.883. The number of nitrogens with zero attached hydrogens (tertiary/aromatic N) is 5. The van der Waals surface area contributed by atoms with Gasteiger partial charge in [0.2, 0.25) is 20.0 Å². The number of hydrogen-bond acceptors (Lipinski definition) is 13. The van der Waals surface area contributed by atoms with Crippen molar-refractivity contribution in [1.29, 1.82) is 0 Å². The number of benzene rings is 1. The lowest BCUT2D eigenvalue weighted by Gasteiger charge is -2.40. The highest BCUT2D eigenvalue weighted by molar-refractivity contribution is 7.92. The number of aliphatic hydroxyl groups excluding tert-OH is 1. The Labute approximate surface area is 201 Å². The Kier molecular flexibility index (Phi) is 6.85. The molecule has 3 aliphatic heterocycles. The maximum atomic E-state index is 13.0. The first-order chi connectivity index (χ1) is 16.5. The Hall–Kier alpha value is -2.65. The Bertz CT molecular complexity index is 1240. The molecule has 0 bridgehead atoms. The number of aliphatic hydroxyl groups is 1. The summed E-state index contributed by atoms with van der Waals surface area (Å²) in [6.07, 6.45) is 0.125. The predicted octanol–water partition coefficient (Wildman–Crippen LogP) is -4.21. The van der Waals surface area contributed by atoms with Crippen LogP contribution in [0.5, 0.6) is 0 Å². The lowest BCUT2D eigenvalue weighted by atomic mass is 9.88. The van der Waals surface area contributed by atoms with Gasteiger partial charge in [0.25, 0.3) is 0 Å². The average molecular weight is 533 g/mol. The second-order valence-corrected chi connectivity index (χ2v) is 11.6. The minimum absolute atomic E-state index is 0.102. The zero-order valence-electron chi connectivity index (χ0n) is 18.5. The van der Waals surface area contributed by atoms with Gasteiger partial charge in [-0.25, -0.2) is 31.8 Å². The molecule has 11 N–H and O–H groups in total. The second-order valence-electron chi connectivity index (χ2n) is 8.40. The van der Waals surface area contributed by atoms with E-state index in [0.717, 1.165) is 6.07 Å². The van der Waals surface area contributed by atoms with E-state index in [1.807, 2.05) is 4.90 Å². The van der Waals surface area contributed by atoms with E-state index in [2.05, 4.69) is 36.5 Å². The van der Waals surface area contributed by atoms with Crippen molar-refractivity contribution in [3.8, 4) is 0 Å². The molecule has 0 aliphatic carbocycles. The number of guanidine groups is 1. The summed E-state index contributed by atoms with van der Waals surface area (Å²) in [4.78, 5) is 4.83. The Morgan fingerprint density at radius 1 is 1.29 bits per heavy atom.